The van der Waals surface area contributed by atoms with E-state index in [-0.39, 0.29) is 23.8 Å². The number of carbonyl (C=O) groups is 2. The van der Waals surface area contributed by atoms with Crippen LogP contribution in [-0.4, -0.2) is 35.8 Å². The summed E-state index contributed by atoms with van der Waals surface area (Å²) >= 11 is 0. The van der Waals surface area contributed by atoms with Gasteiger partial charge in [-0.05, 0) is 45.0 Å². The molecule has 8 heteroatoms. The van der Waals surface area contributed by atoms with Crippen LogP contribution in [0.15, 0.2) is 29.1 Å². The fourth-order valence-corrected chi connectivity index (χ4v) is 2.27. The molecule has 0 aliphatic heterocycles. The Kier molecular flexibility index (Phi) is 5.54. The van der Waals surface area contributed by atoms with E-state index >= 15 is 0 Å². The molecule has 2 N–H and O–H groups in total. The summed E-state index contributed by atoms with van der Waals surface area (Å²) in [6, 6.07) is 6.63. The second-order valence-electron chi connectivity index (χ2n) is 6.74. The van der Waals surface area contributed by atoms with Crippen LogP contribution in [0.4, 0.5) is 10.5 Å². The number of nitrogens with zero attached hydrogens (tertiary/aromatic N) is 1. The maximum atomic E-state index is 12.3. The highest BCUT2D eigenvalue weighted by molar-refractivity contribution is 5.90. The van der Waals surface area contributed by atoms with Gasteiger partial charge in [-0.1, -0.05) is 0 Å². The molecule has 0 saturated heterocycles. The number of anilines is 1. The Labute approximate surface area is 151 Å². The molecule has 0 fully saturated rings. The highest BCUT2D eigenvalue weighted by Crippen LogP contribution is 2.21. The van der Waals surface area contributed by atoms with Crippen LogP contribution in [0.1, 0.15) is 20.8 Å². The first-order valence-electron chi connectivity index (χ1n) is 8.08. The quantitative estimate of drug-likeness (QED) is 0.868. The van der Waals surface area contributed by atoms with Gasteiger partial charge in [0.1, 0.15) is 5.60 Å². The lowest BCUT2D eigenvalue weighted by Crippen LogP contribution is -2.28. The van der Waals surface area contributed by atoms with Crippen LogP contribution in [0.25, 0.3) is 10.9 Å². The van der Waals surface area contributed by atoms with Crippen molar-refractivity contribution in [3.63, 3.8) is 0 Å². The smallest absolute Gasteiger partial charge is 0.412 e. The molecular weight excluding hydrogens is 338 g/mol. The number of hydrogen-bond donors (Lipinski definition) is 2. The maximum Gasteiger partial charge on any atom is 0.412 e. The summed E-state index contributed by atoms with van der Waals surface area (Å²) in [6.07, 6.45) is -0.572. The molecule has 26 heavy (non-hydrogen) atoms. The molecule has 0 aliphatic rings. The van der Waals surface area contributed by atoms with Gasteiger partial charge in [0.05, 0.1) is 5.52 Å². The Morgan fingerprint density at radius 1 is 1.19 bits per heavy atom. The van der Waals surface area contributed by atoms with Gasteiger partial charge in [-0.3, -0.25) is 14.9 Å². The molecule has 8 nitrogen and oxygen atoms in total. The molecule has 0 radical (unpaired) electrons. The van der Waals surface area contributed by atoms with Gasteiger partial charge in [0, 0.05) is 25.2 Å². The van der Waals surface area contributed by atoms with Crippen molar-refractivity contribution in [3.8, 4) is 5.75 Å². The molecule has 2 amide bonds. The van der Waals surface area contributed by atoms with E-state index in [4.69, 9.17) is 9.47 Å². The van der Waals surface area contributed by atoms with E-state index < -0.39 is 11.7 Å². The third-order valence-electron chi connectivity index (χ3n) is 3.47. The monoisotopic (exact) mass is 361 g/mol. The van der Waals surface area contributed by atoms with Gasteiger partial charge >= 0.3 is 6.09 Å². The number of benzene rings is 1. The Morgan fingerprint density at radius 3 is 2.50 bits per heavy atom. The highest BCUT2D eigenvalue weighted by atomic mass is 16.6. The Hall–Kier alpha value is -3.03. The van der Waals surface area contributed by atoms with Crippen molar-refractivity contribution < 1.29 is 19.1 Å². The third kappa shape index (κ3) is 4.75. The van der Waals surface area contributed by atoms with Crippen molar-refractivity contribution in [1.29, 1.82) is 0 Å². The number of nitrogens with one attached hydrogen (secondary N) is 2. The van der Waals surface area contributed by atoms with Crippen LogP contribution < -0.4 is 20.9 Å². The minimum absolute atomic E-state index is 0.0537. The van der Waals surface area contributed by atoms with E-state index in [9.17, 15) is 14.4 Å². The van der Waals surface area contributed by atoms with Crippen molar-refractivity contribution in [2.75, 3.05) is 19.0 Å². The summed E-state index contributed by atoms with van der Waals surface area (Å²) in [5.41, 5.74) is 0.222. The first-order chi connectivity index (χ1) is 12.1. The number of aromatic nitrogens is 1. The topological polar surface area (TPSA) is 98.7 Å². The van der Waals surface area contributed by atoms with Crippen LogP contribution in [0, 0.1) is 0 Å². The normalized spacial score (nSPS) is 11.1. The molecule has 0 saturated carbocycles. The van der Waals surface area contributed by atoms with Crippen LogP contribution in [0.2, 0.25) is 0 Å². The number of rotatable bonds is 4. The Balaban J connectivity index is 2.32. The summed E-state index contributed by atoms with van der Waals surface area (Å²) < 4.78 is 12.0. The second-order valence-corrected chi connectivity index (χ2v) is 6.74. The summed E-state index contributed by atoms with van der Waals surface area (Å²) in [7, 11) is 3.09. The van der Waals surface area contributed by atoms with Gasteiger partial charge in [-0.25, -0.2) is 4.79 Å². The number of aryl methyl sites for hydroxylation is 1. The molecular formula is C18H23N3O5. The van der Waals surface area contributed by atoms with E-state index in [0.29, 0.717) is 16.6 Å². The summed E-state index contributed by atoms with van der Waals surface area (Å²) in [6.45, 7) is 5.07. The Bertz CT molecular complexity index is 896. The number of amides is 2. The molecule has 2 rings (SSSR count). The van der Waals surface area contributed by atoms with Gasteiger partial charge in [0.25, 0.3) is 11.5 Å². The fraction of sp³-hybridized carbons (Fsp3) is 0.389. The number of carbonyl (C=O) groups excluding carboxylic acids is 2. The lowest BCUT2D eigenvalue weighted by Gasteiger charge is -2.19. The van der Waals surface area contributed by atoms with Gasteiger partial charge in [0.2, 0.25) is 0 Å². The van der Waals surface area contributed by atoms with E-state index in [0.717, 1.165) is 0 Å². The molecule has 0 atom stereocenters. The summed E-state index contributed by atoms with van der Waals surface area (Å²) in [5.74, 6) is -0.287. The molecule has 0 unspecified atom stereocenters. The van der Waals surface area contributed by atoms with Gasteiger partial charge in [-0.15, -0.1) is 0 Å². The summed E-state index contributed by atoms with van der Waals surface area (Å²) in [4.78, 5) is 35.6. The van der Waals surface area contributed by atoms with Crippen LogP contribution >= 0.6 is 0 Å². The van der Waals surface area contributed by atoms with E-state index in [1.165, 1.54) is 11.6 Å². The largest absolute Gasteiger partial charge is 0.478 e. The van der Waals surface area contributed by atoms with Crippen molar-refractivity contribution in [2.24, 2.45) is 7.05 Å². The lowest BCUT2D eigenvalue weighted by atomic mass is 10.2. The Morgan fingerprint density at radius 2 is 1.88 bits per heavy atom. The van der Waals surface area contributed by atoms with E-state index in [1.54, 1.807) is 52.1 Å². The maximum absolute atomic E-state index is 12.3. The fourth-order valence-electron chi connectivity index (χ4n) is 2.27. The molecule has 1 aromatic carbocycles. The molecule has 0 bridgehead atoms. The van der Waals surface area contributed by atoms with Crippen molar-refractivity contribution in [3.05, 3.63) is 34.6 Å². The molecule has 140 valence electrons. The van der Waals surface area contributed by atoms with Crippen LogP contribution in [0.5, 0.6) is 5.75 Å². The minimum Gasteiger partial charge on any atom is -0.478 e. The van der Waals surface area contributed by atoms with E-state index in [2.05, 4.69) is 10.6 Å². The zero-order chi connectivity index (χ0) is 19.5. The van der Waals surface area contributed by atoms with Crippen LogP contribution in [-0.2, 0) is 16.6 Å². The average molecular weight is 361 g/mol. The number of pyridine rings is 1. The predicted molar refractivity (Wildman–Crippen MR) is 98.6 cm³/mol. The van der Waals surface area contributed by atoms with E-state index in [1.807, 2.05) is 0 Å². The molecule has 1 heterocycles. The lowest BCUT2D eigenvalue weighted by molar-refractivity contribution is -0.122. The number of ether oxygens (including phenoxy) is 2. The van der Waals surface area contributed by atoms with Gasteiger partial charge in [-0.2, -0.15) is 0 Å². The average Bonchev–Trinajstić information content (AvgIpc) is 2.54. The second kappa shape index (κ2) is 7.47. The minimum atomic E-state index is -0.605. The first-order valence-corrected chi connectivity index (χ1v) is 8.08. The zero-order valence-corrected chi connectivity index (χ0v) is 15.5. The van der Waals surface area contributed by atoms with Crippen molar-refractivity contribution >= 4 is 28.6 Å². The van der Waals surface area contributed by atoms with Gasteiger partial charge < -0.3 is 19.4 Å². The number of likely N-dealkylation sites (N-methyl/N-ethyl adjacent to an activating group) is 1. The zero-order valence-electron chi connectivity index (χ0n) is 15.5. The molecule has 2 aromatic rings. The SMILES string of the molecule is CNC(=O)COc1cc2cc(NC(=O)OC(C)(C)C)ccc2n(C)c1=O. The highest BCUT2D eigenvalue weighted by Gasteiger charge is 2.16. The molecule has 0 spiro atoms. The first kappa shape index (κ1) is 19.3. The summed E-state index contributed by atoms with van der Waals surface area (Å²) in [5, 5.41) is 5.75. The van der Waals surface area contributed by atoms with Crippen molar-refractivity contribution in [2.45, 2.75) is 26.4 Å². The van der Waals surface area contributed by atoms with Crippen LogP contribution in [0.3, 0.4) is 0 Å². The number of hydrogen-bond acceptors (Lipinski definition) is 5. The standard InChI is InChI=1S/C18H23N3O5/c1-18(2,3)26-17(24)20-12-6-7-13-11(8-12)9-14(16(23)21(13)5)25-10-15(22)19-4/h6-9H,10H2,1-5H3,(H,19,22)(H,20,24). The van der Waals surface area contributed by atoms with Gasteiger partial charge in [0.15, 0.2) is 12.4 Å². The third-order valence-corrected chi connectivity index (χ3v) is 3.47. The number of fused-ring (bicyclic) bond motifs is 1. The molecule has 0 aliphatic carbocycles. The van der Waals surface area contributed by atoms with Crippen molar-refractivity contribution in [1.82, 2.24) is 9.88 Å². The predicted octanol–water partition coefficient (Wildman–Crippen LogP) is 2.01. The molecule has 1 aromatic heterocycles.